The van der Waals surface area contributed by atoms with Crippen LogP contribution in [0.4, 0.5) is 0 Å². The lowest BCUT2D eigenvalue weighted by molar-refractivity contribution is 0.112. The van der Waals surface area contributed by atoms with Gasteiger partial charge in [0, 0.05) is 14.9 Å². The Kier molecular flexibility index (Phi) is 3.56. The third kappa shape index (κ3) is 1.99. The van der Waals surface area contributed by atoms with Crippen molar-refractivity contribution in [2.24, 2.45) is 0 Å². The molecule has 0 saturated heterocycles. The third-order valence-corrected chi connectivity index (χ3v) is 3.11. The van der Waals surface area contributed by atoms with E-state index in [-0.39, 0.29) is 0 Å². The number of halogens is 1. The molecule has 1 aromatic carbocycles. The number of aldehydes is 1. The largest absolute Gasteiger partial charge is 0.298 e. The molecule has 1 nitrogen and oxygen atoms in total. The maximum absolute atomic E-state index is 10.6. The van der Waals surface area contributed by atoms with E-state index in [9.17, 15) is 4.79 Å². The second-order valence-corrected chi connectivity index (χ2v) is 3.89. The molecule has 62 valence electrons. The Bertz CT molecular complexity index is 309. The van der Waals surface area contributed by atoms with Crippen LogP contribution in [0.2, 0.25) is 0 Å². The average molecular weight is 243 g/mol. The standard InChI is InChI=1S/C9H7BrOS/c1-2-12-9-7(6-11)4-3-5-8(9)10/h2-6H,1H2. The van der Waals surface area contributed by atoms with Crippen molar-refractivity contribution in [3.8, 4) is 0 Å². The van der Waals surface area contributed by atoms with Crippen LogP contribution in [0.1, 0.15) is 10.4 Å². The van der Waals surface area contributed by atoms with Gasteiger partial charge in [-0.3, -0.25) is 4.79 Å². The minimum atomic E-state index is 0.689. The molecule has 0 radical (unpaired) electrons. The number of thioether (sulfide) groups is 1. The normalized spacial score (nSPS) is 9.42. The summed E-state index contributed by atoms with van der Waals surface area (Å²) in [5.41, 5.74) is 0.689. The van der Waals surface area contributed by atoms with Gasteiger partial charge in [-0.1, -0.05) is 30.5 Å². The molecule has 0 spiro atoms. The average Bonchev–Trinajstić information content (AvgIpc) is 2.09. The van der Waals surface area contributed by atoms with E-state index in [4.69, 9.17) is 0 Å². The molecule has 0 unspecified atom stereocenters. The number of carbonyl (C=O) groups excluding carboxylic acids is 1. The molecule has 1 aromatic rings. The lowest BCUT2D eigenvalue weighted by Crippen LogP contribution is -1.84. The molecule has 0 bridgehead atoms. The molecule has 0 saturated carbocycles. The summed E-state index contributed by atoms with van der Waals surface area (Å²) in [5, 5.41) is 1.70. The van der Waals surface area contributed by atoms with E-state index >= 15 is 0 Å². The Labute approximate surface area is 84.0 Å². The minimum Gasteiger partial charge on any atom is -0.298 e. The summed E-state index contributed by atoms with van der Waals surface area (Å²) in [6.45, 7) is 3.60. The Morgan fingerprint density at radius 3 is 2.83 bits per heavy atom. The van der Waals surface area contributed by atoms with Gasteiger partial charge < -0.3 is 0 Å². The van der Waals surface area contributed by atoms with Gasteiger partial charge in [0.1, 0.15) is 0 Å². The molecular formula is C9H7BrOS. The lowest BCUT2D eigenvalue weighted by atomic mass is 10.2. The molecule has 12 heavy (non-hydrogen) atoms. The summed E-state index contributed by atoms with van der Waals surface area (Å²) in [7, 11) is 0. The fourth-order valence-electron chi connectivity index (χ4n) is 0.826. The smallest absolute Gasteiger partial charge is 0.151 e. The first-order valence-corrected chi connectivity index (χ1v) is 4.98. The molecule has 0 N–H and O–H groups in total. The number of carbonyl (C=O) groups is 1. The molecule has 0 aromatic heterocycles. The first kappa shape index (κ1) is 9.55. The maximum atomic E-state index is 10.6. The van der Waals surface area contributed by atoms with E-state index in [2.05, 4.69) is 22.5 Å². The summed E-state index contributed by atoms with van der Waals surface area (Å²) < 4.78 is 0.928. The van der Waals surface area contributed by atoms with Gasteiger partial charge in [-0.15, -0.1) is 0 Å². The van der Waals surface area contributed by atoms with E-state index in [1.165, 1.54) is 11.8 Å². The van der Waals surface area contributed by atoms with Gasteiger partial charge in [-0.2, -0.15) is 0 Å². The number of hydrogen-bond acceptors (Lipinski definition) is 2. The molecule has 0 aliphatic carbocycles. The number of rotatable bonds is 3. The zero-order valence-corrected chi connectivity index (χ0v) is 8.69. The summed E-state index contributed by atoms with van der Waals surface area (Å²) >= 11 is 4.80. The highest BCUT2D eigenvalue weighted by molar-refractivity contribution is 9.10. The maximum Gasteiger partial charge on any atom is 0.151 e. The highest BCUT2D eigenvalue weighted by atomic mass is 79.9. The molecule has 0 amide bonds. The van der Waals surface area contributed by atoms with E-state index in [0.717, 1.165) is 15.7 Å². The van der Waals surface area contributed by atoms with Gasteiger partial charge in [0.15, 0.2) is 6.29 Å². The molecule has 1 rings (SSSR count). The van der Waals surface area contributed by atoms with E-state index < -0.39 is 0 Å². The predicted octanol–water partition coefficient (Wildman–Crippen LogP) is 3.50. The van der Waals surface area contributed by atoms with Crippen LogP contribution in [-0.2, 0) is 0 Å². The van der Waals surface area contributed by atoms with Gasteiger partial charge in [-0.05, 0) is 27.4 Å². The molecule has 0 atom stereocenters. The van der Waals surface area contributed by atoms with Crippen LogP contribution in [0.15, 0.2) is 39.6 Å². The van der Waals surface area contributed by atoms with E-state index in [0.29, 0.717) is 5.56 Å². The van der Waals surface area contributed by atoms with Gasteiger partial charge in [-0.25, -0.2) is 0 Å². The molecule has 3 heteroatoms. The monoisotopic (exact) mass is 242 g/mol. The van der Waals surface area contributed by atoms with Crippen molar-refractivity contribution in [2.75, 3.05) is 0 Å². The fraction of sp³-hybridized carbons (Fsp3) is 0. The topological polar surface area (TPSA) is 17.1 Å². The van der Waals surface area contributed by atoms with Crippen LogP contribution in [-0.4, -0.2) is 6.29 Å². The van der Waals surface area contributed by atoms with Crippen LogP contribution in [0.3, 0.4) is 0 Å². The first-order chi connectivity index (χ1) is 5.79. The predicted molar refractivity (Wildman–Crippen MR) is 55.6 cm³/mol. The van der Waals surface area contributed by atoms with Crippen LogP contribution < -0.4 is 0 Å². The van der Waals surface area contributed by atoms with Gasteiger partial charge >= 0.3 is 0 Å². The van der Waals surface area contributed by atoms with Crippen molar-refractivity contribution in [1.29, 1.82) is 0 Å². The summed E-state index contributed by atoms with van der Waals surface area (Å²) in [4.78, 5) is 11.5. The van der Waals surface area contributed by atoms with E-state index in [1.54, 1.807) is 11.5 Å². The van der Waals surface area contributed by atoms with Crippen molar-refractivity contribution in [2.45, 2.75) is 4.90 Å². The van der Waals surface area contributed by atoms with Crippen LogP contribution in [0.25, 0.3) is 0 Å². The highest BCUT2D eigenvalue weighted by Gasteiger charge is 2.03. The second-order valence-electron chi connectivity index (χ2n) is 2.06. The Morgan fingerprint density at radius 2 is 2.25 bits per heavy atom. The van der Waals surface area contributed by atoms with Crippen molar-refractivity contribution in [3.05, 3.63) is 40.2 Å². The fourth-order valence-corrected chi connectivity index (χ4v) is 2.09. The quantitative estimate of drug-likeness (QED) is 0.597. The number of benzene rings is 1. The Balaban J connectivity index is 3.18. The van der Waals surface area contributed by atoms with Gasteiger partial charge in [0.05, 0.1) is 0 Å². The van der Waals surface area contributed by atoms with Crippen molar-refractivity contribution in [1.82, 2.24) is 0 Å². The van der Waals surface area contributed by atoms with E-state index in [1.807, 2.05) is 12.1 Å². The van der Waals surface area contributed by atoms with Crippen LogP contribution in [0.5, 0.6) is 0 Å². The summed E-state index contributed by atoms with van der Waals surface area (Å²) in [6.07, 6.45) is 0.844. The first-order valence-electron chi connectivity index (χ1n) is 3.31. The van der Waals surface area contributed by atoms with Gasteiger partial charge in [0.25, 0.3) is 0 Å². The summed E-state index contributed by atoms with van der Waals surface area (Å²) in [6, 6.07) is 5.52. The highest BCUT2D eigenvalue weighted by Crippen LogP contribution is 2.30. The molecular weight excluding hydrogens is 236 g/mol. The Hall–Kier alpha value is -0.540. The van der Waals surface area contributed by atoms with Crippen molar-refractivity contribution >= 4 is 34.0 Å². The molecule has 0 aliphatic rings. The zero-order chi connectivity index (χ0) is 8.97. The Morgan fingerprint density at radius 1 is 1.50 bits per heavy atom. The van der Waals surface area contributed by atoms with Gasteiger partial charge in [0.2, 0.25) is 0 Å². The number of hydrogen-bond donors (Lipinski definition) is 0. The zero-order valence-electron chi connectivity index (χ0n) is 6.29. The molecule has 0 heterocycles. The summed E-state index contributed by atoms with van der Waals surface area (Å²) in [5.74, 6) is 0. The molecule has 0 aliphatic heterocycles. The lowest BCUT2D eigenvalue weighted by Gasteiger charge is -2.02. The van der Waals surface area contributed by atoms with Crippen molar-refractivity contribution in [3.63, 3.8) is 0 Å². The van der Waals surface area contributed by atoms with Crippen molar-refractivity contribution < 1.29 is 4.79 Å². The second kappa shape index (κ2) is 4.48. The third-order valence-electron chi connectivity index (χ3n) is 1.33. The van der Waals surface area contributed by atoms with Crippen LogP contribution in [0, 0.1) is 0 Å². The minimum absolute atomic E-state index is 0.689. The molecule has 0 fully saturated rings. The van der Waals surface area contributed by atoms with Crippen LogP contribution >= 0.6 is 27.7 Å². The SMILES string of the molecule is C=CSc1c(Br)cccc1C=O.